The number of methoxy groups -OCH3 is 1. The topological polar surface area (TPSA) is 57.1 Å². The lowest BCUT2D eigenvalue weighted by Gasteiger charge is -2.21. The quantitative estimate of drug-likeness (QED) is 0.330. The van der Waals surface area contributed by atoms with E-state index in [0.29, 0.717) is 13.0 Å². The molecular formula is C24H29NO4. The summed E-state index contributed by atoms with van der Waals surface area (Å²) < 4.78 is 10.9. The number of benzene rings is 2. The van der Waals surface area contributed by atoms with Crippen LogP contribution in [0.5, 0.6) is 5.75 Å². The summed E-state index contributed by atoms with van der Waals surface area (Å²) in [4.78, 5) is 17.9. The van der Waals surface area contributed by atoms with Crippen LogP contribution in [-0.2, 0) is 21.0 Å². The van der Waals surface area contributed by atoms with Crippen molar-refractivity contribution in [3.8, 4) is 5.75 Å². The first-order valence-corrected chi connectivity index (χ1v) is 10.3. The number of esters is 1. The molecule has 29 heavy (non-hydrogen) atoms. The molecule has 2 aromatic carbocycles. The molecule has 1 aliphatic carbocycles. The molecule has 5 heteroatoms. The molecule has 3 rings (SSSR count). The van der Waals surface area contributed by atoms with Gasteiger partial charge in [-0.3, -0.25) is 4.79 Å². The Morgan fingerprint density at radius 1 is 0.966 bits per heavy atom. The van der Waals surface area contributed by atoms with Crippen molar-refractivity contribution in [1.82, 2.24) is 0 Å². The molecule has 0 heterocycles. The van der Waals surface area contributed by atoms with E-state index in [0.717, 1.165) is 48.3 Å². The van der Waals surface area contributed by atoms with E-state index in [4.69, 9.17) is 14.3 Å². The zero-order valence-corrected chi connectivity index (χ0v) is 17.0. The van der Waals surface area contributed by atoms with E-state index in [1.807, 2.05) is 54.6 Å². The summed E-state index contributed by atoms with van der Waals surface area (Å²) in [5.41, 5.74) is 2.68. The highest BCUT2D eigenvalue weighted by atomic mass is 16.6. The second-order valence-electron chi connectivity index (χ2n) is 7.28. The smallest absolute Gasteiger partial charge is 0.306 e. The van der Waals surface area contributed by atoms with Crippen LogP contribution in [-0.4, -0.2) is 24.9 Å². The molecule has 2 aromatic rings. The van der Waals surface area contributed by atoms with Crippen LogP contribution in [0.15, 0.2) is 59.8 Å². The summed E-state index contributed by atoms with van der Waals surface area (Å²) >= 11 is 0. The van der Waals surface area contributed by atoms with Crippen molar-refractivity contribution >= 4 is 11.7 Å². The van der Waals surface area contributed by atoms with Crippen molar-refractivity contribution in [2.45, 2.75) is 57.7 Å². The summed E-state index contributed by atoms with van der Waals surface area (Å²) in [6, 6.07) is 17.5. The zero-order chi connectivity index (χ0) is 20.3. The molecular weight excluding hydrogens is 366 g/mol. The molecule has 0 bridgehead atoms. The molecule has 0 unspecified atom stereocenters. The lowest BCUT2D eigenvalue weighted by atomic mass is 9.98. The van der Waals surface area contributed by atoms with Crippen molar-refractivity contribution in [3.63, 3.8) is 0 Å². The van der Waals surface area contributed by atoms with Crippen LogP contribution >= 0.6 is 0 Å². The third-order valence-corrected chi connectivity index (χ3v) is 5.09. The van der Waals surface area contributed by atoms with Gasteiger partial charge >= 0.3 is 5.97 Å². The highest BCUT2D eigenvalue weighted by molar-refractivity contribution is 6.01. The van der Waals surface area contributed by atoms with E-state index in [9.17, 15) is 4.79 Å². The van der Waals surface area contributed by atoms with E-state index in [1.54, 1.807) is 7.11 Å². The normalized spacial score (nSPS) is 15.0. The fraction of sp³-hybridized carbons (Fsp3) is 0.417. The van der Waals surface area contributed by atoms with Gasteiger partial charge in [-0.1, -0.05) is 41.9 Å². The third-order valence-electron chi connectivity index (χ3n) is 5.09. The summed E-state index contributed by atoms with van der Waals surface area (Å²) in [6.45, 7) is 0.382. The predicted octanol–water partition coefficient (Wildman–Crippen LogP) is 5.27. The Labute approximate surface area is 172 Å². The van der Waals surface area contributed by atoms with Crippen LogP contribution in [0.2, 0.25) is 0 Å². The van der Waals surface area contributed by atoms with Gasteiger partial charge in [0.05, 0.1) is 19.2 Å². The van der Waals surface area contributed by atoms with E-state index < -0.39 is 0 Å². The highest BCUT2D eigenvalue weighted by Gasteiger charge is 2.18. The maximum absolute atomic E-state index is 12.3. The molecule has 1 fully saturated rings. The Kier molecular flexibility index (Phi) is 8.11. The molecule has 0 aliphatic heterocycles. The van der Waals surface area contributed by atoms with E-state index in [-0.39, 0.29) is 18.5 Å². The number of hydrogen-bond acceptors (Lipinski definition) is 5. The summed E-state index contributed by atoms with van der Waals surface area (Å²) in [7, 11) is 1.63. The minimum absolute atomic E-state index is 0.0759. The largest absolute Gasteiger partial charge is 0.497 e. The number of nitrogens with zero attached hydrogens (tertiary/aromatic N) is 1. The van der Waals surface area contributed by atoms with Gasteiger partial charge in [0.25, 0.3) is 0 Å². The maximum Gasteiger partial charge on any atom is 0.306 e. The van der Waals surface area contributed by atoms with Gasteiger partial charge in [0.1, 0.15) is 18.5 Å². The summed E-state index contributed by atoms with van der Waals surface area (Å²) in [5.74, 6) is 0.608. The number of rotatable bonds is 9. The van der Waals surface area contributed by atoms with Gasteiger partial charge in [0, 0.05) is 6.42 Å². The van der Waals surface area contributed by atoms with Gasteiger partial charge in [-0.05, 0) is 61.1 Å². The minimum Gasteiger partial charge on any atom is -0.497 e. The Morgan fingerprint density at radius 2 is 1.69 bits per heavy atom. The van der Waals surface area contributed by atoms with Crippen molar-refractivity contribution in [2.24, 2.45) is 5.16 Å². The molecule has 0 aromatic heterocycles. The van der Waals surface area contributed by atoms with Crippen LogP contribution in [0, 0.1) is 0 Å². The van der Waals surface area contributed by atoms with Crippen molar-refractivity contribution in [1.29, 1.82) is 0 Å². The molecule has 0 saturated heterocycles. The van der Waals surface area contributed by atoms with Crippen molar-refractivity contribution in [2.75, 3.05) is 7.11 Å². The lowest BCUT2D eigenvalue weighted by molar-refractivity contribution is -0.150. The van der Waals surface area contributed by atoms with E-state index >= 15 is 0 Å². The van der Waals surface area contributed by atoms with Gasteiger partial charge in [-0.15, -0.1) is 0 Å². The van der Waals surface area contributed by atoms with Gasteiger partial charge in [0.15, 0.2) is 0 Å². The SMILES string of the molecule is COc1ccc(/C(CCC(=O)OC2CCCCC2)=N/OCc2ccccc2)cc1. The predicted molar refractivity (Wildman–Crippen MR) is 113 cm³/mol. The Hall–Kier alpha value is -2.82. The van der Waals surface area contributed by atoms with Gasteiger partial charge in [0.2, 0.25) is 0 Å². The molecule has 0 spiro atoms. The molecule has 0 atom stereocenters. The number of carbonyl (C=O) groups excluding carboxylic acids is 1. The van der Waals surface area contributed by atoms with Gasteiger partial charge < -0.3 is 14.3 Å². The van der Waals surface area contributed by atoms with E-state index in [1.165, 1.54) is 6.42 Å². The van der Waals surface area contributed by atoms with Crippen LogP contribution in [0.25, 0.3) is 0 Å². The Morgan fingerprint density at radius 3 is 2.38 bits per heavy atom. The third kappa shape index (κ3) is 6.93. The lowest BCUT2D eigenvalue weighted by Crippen LogP contribution is -2.21. The molecule has 5 nitrogen and oxygen atoms in total. The maximum atomic E-state index is 12.3. The first kappa shape index (κ1) is 20.9. The Bertz CT molecular complexity index is 780. The zero-order valence-electron chi connectivity index (χ0n) is 17.0. The average molecular weight is 395 g/mol. The second kappa shape index (κ2) is 11.2. The standard InChI is InChI=1S/C24H29NO4/c1-27-21-14-12-20(13-15-21)23(25-28-18-19-8-4-2-5-9-19)16-17-24(26)29-22-10-6-3-7-11-22/h2,4-5,8-9,12-15,22H,3,6-7,10-11,16-18H2,1H3/b25-23+. The van der Waals surface area contributed by atoms with Crippen LogP contribution in [0.3, 0.4) is 0 Å². The Balaban J connectivity index is 1.61. The molecule has 1 saturated carbocycles. The molecule has 0 amide bonds. The summed E-state index contributed by atoms with van der Waals surface area (Å²) in [5, 5.41) is 4.33. The minimum atomic E-state index is -0.166. The fourth-order valence-electron chi connectivity index (χ4n) is 3.43. The fourth-order valence-corrected chi connectivity index (χ4v) is 3.43. The number of ether oxygens (including phenoxy) is 2. The van der Waals surface area contributed by atoms with Gasteiger partial charge in [-0.2, -0.15) is 0 Å². The highest BCUT2D eigenvalue weighted by Crippen LogP contribution is 2.21. The summed E-state index contributed by atoms with van der Waals surface area (Å²) in [6.07, 6.45) is 6.31. The first-order chi connectivity index (χ1) is 14.2. The number of hydrogen-bond donors (Lipinski definition) is 0. The van der Waals surface area contributed by atoms with Crippen LogP contribution < -0.4 is 4.74 Å². The van der Waals surface area contributed by atoms with Crippen LogP contribution in [0.4, 0.5) is 0 Å². The first-order valence-electron chi connectivity index (χ1n) is 10.3. The molecule has 1 aliphatic rings. The van der Waals surface area contributed by atoms with Crippen molar-refractivity contribution < 1.29 is 19.1 Å². The average Bonchev–Trinajstić information content (AvgIpc) is 2.77. The van der Waals surface area contributed by atoms with E-state index in [2.05, 4.69) is 5.16 Å². The molecule has 0 N–H and O–H groups in total. The number of oxime groups is 1. The van der Waals surface area contributed by atoms with Crippen LogP contribution in [0.1, 0.15) is 56.1 Å². The monoisotopic (exact) mass is 395 g/mol. The second-order valence-corrected chi connectivity index (χ2v) is 7.28. The number of carbonyl (C=O) groups is 1. The molecule has 0 radical (unpaired) electrons. The van der Waals surface area contributed by atoms with Gasteiger partial charge in [-0.25, -0.2) is 0 Å². The van der Waals surface area contributed by atoms with Crippen molar-refractivity contribution in [3.05, 3.63) is 65.7 Å². The molecule has 154 valence electrons.